The van der Waals surface area contributed by atoms with Crippen LogP contribution < -0.4 is 5.73 Å². The number of anilines is 1. The molecule has 0 saturated heterocycles. The van der Waals surface area contributed by atoms with Gasteiger partial charge in [0.1, 0.15) is 5.82 Å². The molecule has 1 aromatic rings. The number of hydrogen-bond acceptors (Lipinski definition) is 2. The molecule has 1 rings (SSSR count). The van der Waals surface area contributed by atoms with E-state index in [4.69, 9.17) is 5.73 Å². The average Bonchev–Trinajstić information content (AvgIpc) is 2.09. The molecule has 1 aromatic carbocycles. The van der Waals surface area contributed by atoms with Gasteiger partial charge in [-0.05, 0) is 24.6 Å². The Balaban J connectivity index is 3.16. The Morgan fingerprint density at radius 2 is 2.23 bits per heavy atom. The third-order valence-corrected chi connectivity index (χ3v) is 1.80. The van der Waals surface area contributed by atoms with Crippen LogP contribution in [0.3, 0.4) is 0 Å². The van der Waals surface area contributed by atoms with Crippen molar-refractivity contribution in [3.8, 4) is 11.8 Å². The number of rotatable bonds is 0. The fraction of sp³-hybridized carbons (Fsp3) is 0.200. The smallest absolute Gasteiger partial charge is 0.147 e. The topological polar surface area (TPSA) is 26.0 Å². The highest BCUT2D eigenvalue weighted by Crippen LogP contribution is 2.15. The summed E-state index contributed by atoms with van der Waals surface area (Å²) in [5, 5.41) is 0. The molecule has 0 aliphatic rings. The summed E-state index contributed by atoms with van der Waals surface area (Å²) in [7, 11) is 0. The van der Waals surface area contributed by atoms with Crippen LogP contribution in [-0.4, -0.2) is 5.75 Å². The van der Waals surface area contributed by atoms with E-state index in [-0.39, 0.29) is 5.69 Å². The van der Waals surface area contributed by atoms with Gasteiger partial charge in [-0.25, -0.2) is 4.39 Å². The van der Waals surface area contributed by atoms with E-state index in [1.807, 2.05) is 6.92 Å². The maximum atomic E-state index is 13.0. The van der Waals surface area contributed by atoms with Crippen LogP contribution in [0.5, 0.6) is 0 Å². The van der Waals surface area contributed by atoms with Crippen LogP contribution in [0.2, 0.25) is 0 Å². The first-order valence-electron chi connectivity index (χ1n) is 3.80. The van der Waals surface area contributed by atoms with E-state index in [1.54, 1.807) is 6.07 Å². The molecule has 0 radical (unpaired) electrons. The van der Waals surface area contributed by atoms with Crippen molar-refractivity contribution >= 4 is 18.3 Å². The molecule has 0 heterocycles. The van der Waals surface area contributed by atoms with Crippen LogP contribution in [0.1, 0.15) is 11.1 Å². The number of nitrogens with two attached hydrogens (primary N) is 1. The summed E-state index contributed by atoms with van der Waals surface area (Å²) >= 11 is 3.94. The van der Waals surface area contributed by atoms with Crippen LogP contribution in [0, 0.1) is 24.6 Å². The molecule has 0 saturated carbocycles. The van der Waals surface area contributed by atoms with Crippen molar-refractivity contribution in [1.29, 1.82) is 0 Å². The number of benzene rings is 1. The number of nitrogen functional groups attached to an aromatic ring is 1. The molecular weight excluding hydrogens is 185 g/mol. The van der Waals surface area contributed by atoms with Gasteiger partial charge < -0.3 is 5.73 Å². The van der Waals surface area contributed by atoms with Crippen LogP contribution in [0.25, 0.3) is 0 Å². The summed E-state index contributed by atoms with van der Waals surface area (Å²) < 4.78 is 13.0. The Labute approximate surface area is 82.6 Å². The van der Waals surface area contributed by atoms with Crippen LogP contribution in [0.4, 0.5) is 10.1 Å². The van der Waals surface area contributed by atoms with Gasteiger partial charge >= 0.3 is 0 Å². The van der Waals surface area contributed by atoms with E-state index in [0.717, 1.165) is 5.56 Å². The van der Waals surface area contributed by atoms with Gasteiger partial charge in [-0.2, -0.15) is 12.6 Å². The second-order valence-electron chi connectivity index (χ2n) is 2.65. The lowest BCUT2D eigenvalue weighted by Crippen LogP contribution is -1.93. The predicted molar refractivity (Wildman–Crippen MR) is 56.3 cm³/mol. The molecule has 3 heteroatoms. The summed E-state index contributed by atoms with van der Waals surface area (Å²) in [6, 6.07) is 2.93. The third-order valence-electron chi connectivity index (χ3n) is 1.65. The zero-order valence-electron chi connectivity index (χ0n) is 7.26. The summed E-state index contributed by atoms with van der Waals surface area (Å²) in [4.78, 5) is 0. The van der Waals surface area contributed by atoms with E-state index in [0.29, 0.717) is 11.3 Å². The molecule has 0 aliphatic heterocycles. The predicted octanol–water partition coefficient (Wildman–Crippen LogP) is 2.00. The van der Waals surface area contributed by atoms with Crippen molar-refractivity contribution < 1.29 is 4.39 Å². The summed E-state index contributed by atoms with van der Waals surface area (Å²) in [6.45, 7) is 1.85. The average molecular weight is 195 g/mol. The van der Waals surface area contributed by atoms with Crippen molar-refractivity contribution in [1.82, 2.24) is 0 Å². The Kier molecular flexibility index (Phi) is 3.21. The maximum absolute atomic E-state index is 13.0. The molecule has 68 valence electrons. The Bertz CT molecular complexity index is 376. The third kappa shape index (κ3) is 2.40. The normalized spacial score (nSPS) is 9.15. The van der Waals surface area contributed by atoms with Crippen molar-refractivity contribution in [2.75, 3.05) is 11.5 Å². The molecule has 0 aliphatic carbocycles. The van der Waals surface area contributed by atoms with Crippen LogP contribution in [-0.2, 0) is 0 Å². The molecule has 0 bridgehead atoms. The molecule has 0 atom stereocenters. The fourth-order valence-electron chi connectivity index (χ4n) is 0.973. The lowest BCUT2D eigenvalue weighted by molar-refractivity contribution is 0.631. The number of thiol groups is 1. The Morgan fingerprint density at radius 1 is 1.54 bits per heavy atom. The second-order valence-corrected chi connectivity index (χ2v) is 2.96. The molecule has 0 amide bonds. The van der Waals surface area contributed by atoms with Gasteiger partial charge in [0.15, 0.2) is 0 Å². The first-order chi connectivity index (χ1) is 6.15. The van der Waals surface area contributed by atoms with Crippen LogP contribution >= 0.6 is 12.6 Å². The molecule has 0 fully saturated rings. The van der Waals surface area contributed by atoms with E-state index in [1.165, 1.54) is 6.07 Å². The first kappa shape index (κ1) is 9.94. The van der Waals surface area contributed by atoms with E-state index < -0.39 is 5.82 Å². The van der Waals surface area contributed by atoms with Gasteiger partial charge in [-0.1, -0.05) is 11.8 Å². The van der Waals surface area contributed by atoms with Gasteiger partial charge in [0, 0.05) is 5.56 Å². The van der Waals surface area contributed by atoms with Gasteiger partial charge in [0.25, 0.3) is 0 Å². The van der Waals surface area contributed by atoms with E-state index in [9.17, 15) is 4.39 Å². The summed E-state index contributed by atoms with van der Waals surface area (Å²) in [5.74, 6) is 5.61. The van der Waals surface area contributed by atoms with Crippen LogP contribution in [0.15, 0.2) is 12.1 Å². The Hall–Kier alpha value is -1.14. The van der Waals surface area contributed by atoms with Gasteiger partial charge in [0.2, 0.25) is 0 Å². The number of aryl methyl sites for hydroxylation is 1. The SMILES string of the molecule is Cc1cc(N)c(F)cc1C#CCS. The molecule has 1 nitrogen and oxygen atoms in total. The van der Waals surface area contributed by atoms with Gasteiger partial charge in [-0.15, -0.1) is 0 Å². The van der Waals surface area contributed by atoms with Gasteiger partial charge in [-0.3, -0.25) is 0 Å². The molecule has 0 aromatic heterocycles. The minimum absolute atomic E-state index is 0.161. The highest BCUT2D eigenvalue weighted by Gasteiger charge is 2.01. The molecule has 2 N–H and O–H groups in total. The Morgan fingerprint density at radius 3 is 2.85 bits per heavy atom. The summed E-state index contributed by atoms with van der Waals surface area (Å²) in [6.07, 6.45) is 0. The highest BCUT2D eigenvalue weighted by molar-refractivity contribution is 7.80. The minimum Gasteiger partial charge on any atom is -0.396 e. The second kappa shape index (κ2) is 4.20. The van der Waals surface area contributed by atoms with Crippen molar-refractivity contribution in [3.63, 3.8) is 0 Å². The maximum Gasteiger partial charge on any atom is 0.147 e. The van der Waals surface area contributed by atoms with E-state index in [2.05, 4.69) is 24.5 Å². The van der Waals surface area contributed by atoms with Gasteiger partial charge in [0.05, 0.1) is 11.4 Å². The zero-order valence-corrected chi connectivity index (χ0v) is 8.16. The zero-order chi connectivity index (χ0) is 9.84. The van der Waals surface area contributed by atoms with Crippen molar-refractivity contribution in [2.24, 2.45) is 0 Å². The highest BCUT2D eigenvalue weighted by atomic mass is 32.1. The lowest BCUT2D eigenvalue weighted by Gasteiger charge is -2.01. The standard InChI is InChI=1S/C10H10FNS/c1-7-5-10(12)9(11)6-8(7)3-2-4-13/h5-6,13H,4,12H2,1H3. The molecule has 13 heavy (non-hydrogen) atoms. The number of halogens is 1. The first-order valence-corrected chi connectivity index (χ1v) is 4.43. The quantitative estimate of drug-likeness (QED) is 0.369. The lowest BCUT2D eigenvalue weighted by atomic mass is 10.1. The van der Waals surface area contributed by atoms with Crippen molar-refractivity contribution in [3.05, 3.63) is 29.1 Å². The number of hydrogen-bond donors (Lipinski definition) is 2. The van der Waals surface area contributed by atoms with E-state index >= 15 is 0 Å². The van der Waals surface area contributed by atoms with Crippen molar-refractivity contribution in [2.45, 2.75) is 6.92 Å². The largest absolute Gasteiger partial charge is 0.396 e. The fourth-order valence-corrected chi connectivity index (χ4v) is 1.05. The summed E-state index contributed by atoms with van der Waals surface area (Å²) in [5.41, 5.74) is 7.09. The monoisotopic (exact) mass is 195 g/mol. The minimum atomic E-state index is -0.422. The molecular formula is C10H10FNS. The molecule has 0 unspecified atom stereocenters. The molecule has 0 spiro atoms.